The maximum absolute atomic E-state index is 13.7. The summed E-state index contributed by atoms with van der Waals surface area (Å²) in [7, 11) is 1.80. The molecule has 196 valence electrons. The van der Waals surface area contributed by atoms with Crippen molar-refractivity contribution < 1.29 is 9.53 Å². The molecule has 1 saturated heterocycles. The number of carbonyl (C=O) groups excluding carboxylic acids is 1. The lowest BCUT2D eigenvalue weighted by molar-refractivity contribution is -0.133. The summed E-state index contributed by atoms with van der Waals surface area (Å²) in [6.45, 7) is 3.53. The highest BCUT2D eigenvalue weighted by molar-refractivity contribution is 6.42. The molecule has 0 spiro atoms. The minimum atomic E-state index is -0.269. The molecule has 1 fully saturated rings. The molecule has 1 amide bonds. The van der Waals surface area contributed by atoms with Crippen LogP contribution in [0.3, 0.4) is 0 Å². The standard InChI is InChI=1S/C30H29Cl2N3O3/c1-33(30(37)20-35-27-18-26(32)25(31)17-24(27)11-12-29(35)36)28(19-34-13-15-38-16-14-34)23-9-7-22(8-10-23)21-5-3-2-4-6-21/h2-12,17-18,28H,13-16,19-20H2,1H3. The van der Waals surface area contributed by atoms with Gasteiger partial charge in [0.25, 0.3) is 5.56 Å². The molecule has 3 aromatic carbocycles. The number of rotatable bonds is 7. The smallest absolute Gasteiger partial charge is 0.251 e. The van der Waals surface area contributed by atoms with Crippen molar-refractivity contribution >= 4 is 40.0 Å². The van der Waals surface area contributed by atoms with E-state index in [0.717, 1.165) is 35.2 Å². The van der Waals surface area contributed by atoms with Gasteiger partial charge in [0.2, 0.25) is 5.91 Å². The zero-order valence-corrected chi connectivity index (χ0v) is 22.7. The summed E-state index contributed by atoms with van der Waals surface area (Å²) >= 11 is 12.4. The molecule has 1 unspecified atom stereocenters. The number of likely N-dealkylation sites (N-methyl/N-ethyl adjacent to an activating group) is 1. The maximum atomic E-state index is 13.7. The number of fused-ring (bicyclic) bond motifs is 1. The summed E-state index contributed by atoms with van der Waals surface area (Å²) in [5.74, 6) is -0.170. The largest absolute Gasteiger partial charge is 0.379 e. The third-order valence-electron chi connectivity index (χ3n) is 7.12. The lowest BCUT2D eigenvalue weighted by Crippen LogP contribution is -2.44. The molecule has 0 aliphatic carbocycles. The molecule has 38 heavy (non-hydrogen) atoms. The van der Waals surface area contributed by atoms with Crippen LogP contribution in [-0.2, 0) is 16.1 Å². The number of halogens is 2. The summed E-state index contributed by atoms with van der Waals surface area (Å²) in [6, 6.07) is 24.9. The van der Waals surface area contributed by atoms with Crippen LogP contribution in [0.4, 0.5) is 0 Å². The Hall–Kier alpha value is -3.16. The van der Waals surface area contributed by atoms with Gasteiger partial charge >= 0.3 is 0 Å². The van der Waals surface area contributed by atoms with Crippen molar-refractivity contribution in [1.29, 1.82) is 0 Å². The van der Waals surface area contributed by atoms with Crippen LogP contribution in [0, 0.1) is 0 Å². The number of morpholine rings is 1. The number of hydrogen-bond acceptors (Lipinski definition) is 4. The van der Waals surface area contributed by atoms with E-state index in [4.69, 9.17) is 27.9 Å². The molecular formula is C30H29Cl2N3O3. The third kappa shape index (κ3) is 5.79. The van der Waals surface area contributed by atoms with Crippen molar-refractivity contribution in [2.24, 2.45) is 0 Å². The van der Waals surface area contributed by atoms with Gasteiger partial charge in [-0.05, 0) is 34.9 Å². The van der Waals surface area contributed by atoms with E-state index in [1.807, 2.05) is 18.2 Å². The van der Waals surface area contributed by atoms with Crippen LogP contribution in [0.5, 0.6) is 0 Å². The molecule has 1 aliphatic rings. The first kappa shape index (κ1) is 26.4. The average Bonchev–Trinajstić information content (AvgIpc) is 2.95. The predicted octanol–water partition coefficient (Wildman–Crippen LogP) is 5.51. The summed E-state index contributed by atoms with van der Waals surface area (Å²) in [4.78, 5) is 30.5. The first-order valence-corrected chi connectivity index (χ1v) is 13.4. The van der Waals surface area contributed by atoms with E-state index < -0.39 is 0 Å². The molecule has 5 rings (SSSR count). The zero-order chi connectivity index (χ0) is 26.6. The Bertz CT molecular complexity index is 1480. The van der Waals surface area contributed by atoms with E-state index in [1.165, 1.54) is 10.6 Å². The van der Waals surface area contributed by atoms with Crippen molar-refractivity contribution in [3.05, 3.63) is 105 Å². The molecule has 0 N–H and O–H groups in total. The monoisotopic (exact) mass is 549 g/mol. The van der Waals surface area contributed by atoms with Crippen LogP contribution in [-0.4, -0.2) is 60.2 Å². The normalized spacial score (nSPS) is 14.9. The van der Waals surface area contributed by atoms with Crippen molar-refractivity contribution in [2.45, 2.75) is 12.6 Å². The van der Waals surface area contributed by atoms with Gasteiger partial charge < -0.3 is 9.64 Å². The topological polar surface area (TPSA) is 54.8 Å². The number of nitrogens with zero attached hydrogens (tertiary/aromatic N) is 3. The second-order valence-corrected chi connectivity index (χ2v) is 10.3. The summed E-state index contributed by atoms with van der Waals surface area (Å²) < 4.78 is 6.99. The third-order valence-corrected chi connectivity index (χ3v) is 7.85. The lowest BCUT2D eigenvalue weighted by atomic mass is 9.99. The fourth-order valence-electron chi connectivity index (χ4n) is 4.88. The summed E-state index contributed by atoms with van der Waals surface area (Å²) in [5, 5.41) is 1.48. The molecule has 0 radical (unpaired) electrons. The highest BCUT2D eigenvalue weighted by atomic mass is 35.5. The van der Waals surface area contributed by atoms with Crippen molar-refractivity contribution in [3.63, 3.8) is 0 Å². The van der Waals surface area contributed by atoms with Gasteiger partial charge in [0, 0.05) is 38.1 Å². The zero-order valence-electron chi connectivity index (χ0n) is 21.1. The Morgan fingerprint density at radius 1 is 0.921 bits per heavy atom. The van der Waals surface area contributed by atoms with Gasteiger partial charge in [-0.2, -0.15) is 0 Å². The van der Waals surface area contributed by atoms with Gasteiger partial charge in [-0.1, -0.05) is 77.8 Å². The van der Waals surface area contributed by atoms with Crippen LogP contribution in [0.25, 0.3) is 22.0 Å². The number of amides is 1. The summed E-state index contributed by atoms with van der Waals surface area (Å²) in [5.41, 5.74) is 3.60. The van der Waals surface area contributed by atoms with E-state index in [-0.39, 0.29) is 24.1 Å². The Morgan fingerprint density at radius 2 is 1.58 bits per heavy atom. The van der Waals surface area contributed by atoms with Gasteiger partial charge in [-0.3, -0.25) is 19.1 Å². The Kier molecular flexibility index (Phi) is 8.15. The van der Waals surface area contributed by atoms with Gasteiger partial charge in [-0.15, -0.1) is 0 Å². The van der Waals surface area contributed by atoms with Crippen molar-refractivity contribution in [3.8, 4) is 11.1 Å². The van der Waals surface area contributed by atoms with Crippen LogP contribution >= 0.6 is 23.2 Å². The van der Waals surface area contributed by atoms with Gasteiger partial charge in [0.1, 0.15) is 6.54 Å². The number of ether oxygens (including phenoxy) is 1. The second-order valence-electron chi connectivity index (χ2n) is 9.50. The number of aromatic nitrogens is 1. The number of pyridine rings is 1. The van der Waals surface area contributed by atoms with Crippen LogP contribution in [0.1, 0.15) is 11.6 Å². The predicted molar refractivity (Wildman–Crippen MR) is 153 cm³/mol. The van der Waals surface area contributed by atoms with E-state index in [9.17, 15) is 9.59 Å². The van der Waals surface area contributed by atoms with E-state index in [1.54, 1.807) is 30.1 Å². The molecule has 8 heteroatoms. The Balaban J connectivity index is 1.44. The Morgan fingerprint density at radius 3 is 2.29 bits per heavy atom. The molecule has 6 nitrogen and oxygen atoms in total. The Labute approximate surface area is 231 Å². The minimum absolute atomic E-state index is 0.105. The molecular weight excluding hydrogens is 521 g/mol. The van der Waals surface area contributed by atoms with Gasteiger partial charge in [0.05, 0.1) is 34.8 Å². The summed E-state index contributed by atoms with van der Waals surface area (Å²) in [6.07, 6.45) is 0. The number of hydrogen-bond donors (Lipinski definition) is 0. The number of carbonyl (C=O) groups is 1. The molecule has 0 bridgehead atoms. The fraction of sp³-hybridized carbons (Fsp3) is 0.267. The first-order valence-electron chi connectivity index (χ1n) is 12.6. The molecule has 1 aromatic heterocycles. The molecule has 4 aromatic rings. The average molecular weight is 550 g/mol. The molecule has 2 heterocycles. The van der Waals surface area contributed by atoms with Crippen LogP contribution in [0.15, 0.2) is 83.7 Å². The lowest BCUT2D eigenvalue weighted by Gasteiger charge is -2.35. The first-order chi connectivity index (χ1) is 18.4. The van der Waals surface area contributed by atoms with Crippen molar-refractivity contribution in [1.82, 2.24) is 14.4 Å². The maximum Gasteiger partial charge on any atom is 0.251 e. The minimum Gasteiger partial charge on any atom is -0.379 e. The molecule has 1 atom stereocenters. The molecule has 0 saturated carbocycles. The highest BCUT2D eigenvalue weighted by Gasteiger charge is 2.26. The van der Waals surface area contributed by atoms with E-state index in [0.29, 0.717) is 35.3 Å². The van der Waals surface area contributed by atoms with E-state index in [2.05, 4.69) is 41.3 Å². The quantitative estimate of drug-likeness (QED) is 0.305. The SMILES string of the molecule is CN(C(=O)Cn1c(=O)ccc2cc(Cl)c(Cl)cc21)C(CN1CCOCC1)c1ccc(-c2ccccc2)cc1. The van der Waals surface area contributed by atoms with Gasteiger partial charge in [-0.25, -0.2) is 0 Å². The number of benzene rings is 3. The second kappa shape index (κ2) is 11.7. The fourth-order valence-corrected chi connectivity index (χ4v) is 5.21. The highest BCUT2D eigenvalue weighted by Crippen LogP contribution is 2.28. The van der Waals surface area contributed by atoms with Crippen molar-refractivity contribution in [2.75, 3.05) is 39.9 Å². The van der Waals surface area contributed by atoms with Gasteiger partial charge in [0.15, 0.2) is 0 Å². The van der Waals surface area contributed by atoms with E-state index >= 15 is 0 Å². The van der Waals surface area contributed by atoms with Crippen LogP contribution in [0.2, 0.25) is 10.0 Å². The van der Waals surface area contributed by atoms with Crippen LogP contribution < -0.4 is 5.56 Å². The molecule has 1 aliphatic heterocycles.